The third-order valence-electron chi connectivity index (χ3n) is 3.70. The van der Waals surface area contributed by atoms with Crippen LogP contribution in [0.2, 0.25) is 0 Å². The molecule has 2 amide bonds. The van der Waals surface area contributed by atoms with Crippen LogP contribution < -0.4 is 16.0 Å². The lowest BCUT2D eigenvalue weighted by Gasteiger charge is -2.32. The van der Waals surface area contributed by atoms with Gasteiger partial charge in [-0.3, -0.25) is 4.79 Å². The average molecular weight is 327 g/mol. The number of hydrogen-bond acceptors (Lipinski definition) is 4. The Morgan fingerprint density at radius 2 is 1.70 bits per heavy atom. The molecule has 1 aliphatic rings. The molecule has 1 fully saturated rings. The maximum absolute atomic E-state index is 12.0. The fourth-order valence-electron chi connectivity index (χ4n) is 2.79. The molecular formula is C17H33N3O3. The first kappa shape index (κ1) is 19.7. The van der Waals surface area contributed by atoms with E-state index in [0.29, 0.717) is 0 Å². The van der Waals surface area contributed by atoms with E-state index in [0.717, 1.165) is 25.7 Å². The van der Waals surface area contributed by atoms with Crippen molar-refractivity contribution in [2.24, 2.45) is 0 Å². The Labute approximate surface area is 140 Å². The van der Waals surface area contributed by atoms with Crippen LogP contribution in [-0.2, 0) is 9.53 Å². The lowest BCUT2D eigenvalue weighted by Crippen LogP contribution is -2.51. The molecule has 3 atom stereocenters. The summed E-state index contributed by atoms with van der Waals surface area (Å²) in [5.74, 6) is 0.0159. The summed E-state index contributed by atoms with van der Waals surface area (Å²) in [6.07, 6.45) is 3.44. The Bertz CT molecular complexity index is 404. The number of ether oxygens (including phenoxy) is 1. The van der Waals surface area contributed by atoms with Crippen LogP contribution in [0.1, 0.15) is 67.2 Å². The van der Waals surface area contributed by atoms with Crippen molar-refractivity contribution in [3.63, 3.8) is 0 Å². The van der Waals surface area contributed by atoms with Crippen molar-refractivity contribution in [1.29, 1.82) is 0 Å². The van der Waals surface area contributed by atoms with Crippen molar-refractivity contribution < 1.29 is 14.3 Å². The Kier molecular flexibility index (Phi) is 7.32. The Balaban J connectivity index is 2.42. The fraction of sp³-hybridized carbons (Fsp3) is 0.882. The molecule has 6 nitrogen and oxygen atoms in total. The Morgan fingerprint density at radius 1 is 1.09 bits per heavy atom. The summed E-state index contributed by atoms with van der Waals surface area (Å²) in [5, 5.41) is 9.22. The topological polar surface area (TPSA) is 79.5 Å². The molecule has 6 heteroatoms. The number of carbonyl (C=O) groups excluding carboxylic acids is 2. The largest absolute Gasteiger partial charge is 0.444 e. The number of amides is 2. The van der Waals surface area contributed by atoms with Gasteiger partial charge in [0.1, 0.15) is 5.60 Å². The zero-order chi connectivity index (χ0) is 17.6. The first-order chi connectivity index (χ1) is 10.6. The summed E-state index contributed by atoms with van der Waals surface area (Å²) in [6.45, 7) is 11.3. The molecule has 0 aromatic carbocycles. The van der Waals surface area contributed by atoms with E-state index in [1.54, 1.807) is 0 Å². The van der Waals surface area contributed by atoms with Gasteiger partial charge in [0.15, 0.2) is 0 Å². The second-order valence-electron chi connectivity index (χ2n) is 7.76. The van der Waals surface area contributed by atoms with Crippen LogP contribution in [-0.4, -0.2) is 41.8 Å². The van der Waals surface area contributed by atoms with Crippen molar-refractivity contribution in [3.8, 4) is 0 Å². The van der Waals surface area contributed by atoms with Crippen LogP contribution in [0.4, 0.5) is 4.79 Å². The summed E-state index contributed by atoms with van der Waals surface area (Å²) >= 11 is 0. The van der Waals surface area contributed by atoms with Crippen molar-refractivity contribution in [3.05, 3.63) is 0 Å². The van der Waals surface area contributed by atoms with Gasteiger partial charge in [0.2, 0.25) is 5.91 Å². The van der Waals surface area contributed by atoms with Gasteiger partial charge >= 0.3 is 6.09 Å². The van der Waals surface area contributed by atoms with Gasteiger partial charge in [-0.05, 0) is 67.2 Å². The van der Waals surface area contributed by atoms with E-state index in [2.05, 4.69) is 16.0 Å². The molecule has 0 heterocycles. The molecular weight excluding hydrogens is 294 g/mol. The lowest BCUT2D eigenvalue weighted by atomic mass is 9.90. The van der Waals surface area contributed by atoms with E-state index < -0.39 is 5.60 Å². The van der Waals surface area contributed by atoms with E-state index in [1.165, 1.54) is 0 Å². The molecule has 3 N–H and O–H groups in total. The first-order valence-corrected chi connectivity index (χ1v) is 8.62. The maximum Gasteiger partial charge on any atom is 0.407 e. The van der Waals surface area contributed by atoms with Crippen molar-refractivity contribution in [2.45, 2.75) is 97.0 Å². The summed E-state index contributed by atoms with van der Waals surface area (Å²) in [4.78, 5) is 23.8. The number of nitrogens with one attached hydrogen (secondary N) is 3. The zero-order valence-corrected chi connectivity index (χ0v) is 15.4. The van der Waals surface area contributed by atoms with E-state index in [4.69, 9.17) is 4.74 Å². The normalized spacial score (nSPS) is 23.3. The van der Waals surface area contributed by atoms with Crippen LogP contribution in [0.5, 0.6) is 0 Å². The van der Waals surface area contributed by atoms with Crippen LogP contribution in [0.15, 0.2) is 0 Å². The minimum Gasteiger partial charge on any atom is -0.444 e. The number of rotatable bonds is 5. The van der Waals surface area contributed by atoms with Gasteiger partial charge in [0.25, 0.3) is 0 Å². The molecule has 0 radical (unpaired) electrons. The average Bonchev–Trinajstić information content (AvgIpc) is 2.35. The van der Waals surface area contributed by atoms with Gasteiger partial charge in [-0.25, -0.2) is 4.79 Å². The Hall–Kier alpha value is -1.30. The zero-order valence-electron chi connectivity index (χ0n) is 15.4. The first-order valence-electron chi connectivity index (χ1n) is 8.62. The second-order valence-corrected chi connectivity index (χ2v) is 7.76. The second kappa shape index (κ2) is 8.52. The van der Waals surface area contributed by atoms with Crippen LogP contribution in [0.3, 0.4) is 0 Å². The van der Waals surface area contributed by atoms with Gasteiger partial charge in [-0.2, -0.15) is 0 Å². The summed E-state index contributed by atoms with van der Waals surface area (Å²) in [6, 6.07) is 0.232. The third-order valence-corrected chi connectivity index (χ3v) is 3.70. The van der Waals surface area contributed by atoms with E-state index in [9.17, 15) is 9.59 Å². The summed E-state index contributed by atoms with van der Waals surface area (Å²) in [7, 11) is 0. The molecule has 1 aliphatic carbocycles. The molecule has 0 saturated heterocycles. The summed E-state index contributed by atoms with van der Waals surface area (Å²) in [5.41, 5.74) is -0.486. The highest BCUT2D eigenvalue weighted by Crippen LogP contribution is 2.20. The molecule has 1 rings (SSSR count). The highest BCUT2D eigenvalue weighted by atomic mass is 16.6. The SMILES string of the molecule is CC(C)NC(=O)C(C)NC1CCCC(NC(=O)OC(C)(C)C)C1. The Morgan fingerprint density at radius 3 is 2.26 bits per heavy atom. The number of alkyl carbamates (subject to hydrolysis) is 1. The smallest absolute Gasteiger partial charge is 0.407 e. The van der Waals surface area contributed by atoms with Gasteiger partial charge in [-0.1, -0.05) is 0 Å². The van der Waals surface area contributed by atoms with E-state index >= 15 is 0 Å². The van der Waals surface area contributed by atoms with Crippen LogP contribution in [0.25, 0.3) is 0 Å². The van der Waals surface area contributed by atoms with Gasteiger partial charge < -0.3 is 20.7 Å². The van der Waals surface area contributed by atoms with Crippen LogP contribution >= 0.6 is 0 Å². The van der Waals surface area contributed by atoms with E-state index in [1.807, 2.05) is 41.5 Å². The van der Waals surface area contributed by atoms with Crippen molar-refractivity contribution in [1.82, 2.24) is 16.0 Å². The molecule has 23 heavy (non-hydrogen) atoms. The highest BCUT2D eigenvalue weighted by Gasteiger charge is 2.27. The molecule has 0 aliphatic heterocycles. The molecule has 134 valence electrons. The summed E-state index contributed by atoms with van der Waals surface area (Å²) < 4.78 is 5.30. The minimum absolute atomic E-state index is 0.0159. The third kappa shape index (κ3) is 8.21. The van der Waals surface area contributed by atoms with Gasteiger partial charge in [0, 0.05) is 18.1 Å². The number of hydrogen-bond donors (Lipinski definition) is 3. The highest BCUT2D eigenvalue weighted by molar-refractivity contribution is 5.81. The molecule has 1 saturated carbocycles. The van der Waals surface area contributed by atoms with Crippen molar-refractivity contribution >= 4 is 12.0 Å². The monoisotopic (exact) mass is 327 g/mol. The van der Waals surface area contributed by atoms with Gasteiger partial charge in [-0.15, -0.1) is 0 Å². The van der Waals surface area contributed by atoms with Crippen molar-refractivity contribution in [2.75, 3.05) is 0 Å². The molecule has 0 aromatic rings. The molecule has 0 spiro atoms. The fourth-order valence-corrected chi connectivity index (χ4v) is 2.79. The molecule has 0 aromatic heterocycles. The van der Waals surface area contributed by atoms with Crippen LogP contribution in [0, 0.1) is 0 Å². The predicted molar refractivity (Wildman–Crippen MR) is 91.3 cm³/mol. The van der Waals surface area contributed by atoms with Gasteiger partial charge in [0.05, 0.1) is 6.04 Å². The minimum atomic E-state index is -0.486. The predicted octanol–water partition coefficient (Wildman–Crippen LogP) is 2.32. The number of carbonyl (C=O) groups is 2. The lowest BCUT2D eigenvalue weighted by molar-refractivity contribution is -0.123. The molecule has 0 bridgehead atoms. The quantitative estimate of drug-likeness (QED) is 0.724. The van der Waals surface area contributed by atoms with E-state index in [-0.39, 0.29) is 36.2 Å². The maximum atomic E-state index is 12.0. The molecule has 3 unspecified atom stereocenters. The standard InChI is InChI=1S/C17H33N3O3/c1-11(2)18-15(21)12(3)19-13-8-7-9-14(10-13)20-16(22)23-17(4,5)6/h11-14,19H,7-10H2,1-6H3,(H,18,21)(H,20,22).